The van der Waals surface area contributed by atoms with Crippen LogP contribution in [0.3, 0.4) is 0 Å². The lowest BCUT2D eigenvalue weighted by Crippen LogP contribution is -2.25. The lowest BCUT2D eigenvalue weighted by molar-refractivity contribution is 0.307. The number of hydrogen-bond acceptors (Lipinski definition) is 3. The Morgan fingerprint density at radius 3 is 2.93 bits per heavy atom. The molecule has 0 amide bonds. The average molecular weight is 211 g/mol. The predicted octanol–water partition coefficient (Wildman–Crippen LogP) is 1.88. The number of hydrogen-bond donors (Lipinski definition) is 1. The summed E-state index contributed by atoms with van der Waals surface area (Å²) in [6.07, 6.45) is 0. The number of rotatable bonds is 3. The van der Waals surface area contributed by atoms with Gasteiger partial charge in [0.25, 0.3) is 0 Å². The fourth-order valence-electron chi connectivity index (χ4n) is 0.992. The van der Waals surface area contributed by atoms with E-state index in [0.29, 0.717) is 10.8 Å². The van der Waals surface area contributed by atoms with Crippen molar-refractivity contribution in [2.75, 3.05) is 6.61 Å². The third kappa shape index (κ3) is 2.91. The largest absolute Gasteiger partial charge is 0.491 e. The van der Waals surface area contributed by atoms with E-state index in [-0.39, 0.29) is 6.61 Å². The monoisotopic (exact) mass is 210 g/mol. The Labute approximate surface area is 88.0 Å². The van der Waals surface area contributed by atoms with E-state index in [1.807, 2.05) is 13.0 Å². The van der Waals surface area contributed by atoms with Gasteiger partial charge in [0.1, 0.15) is 18.4 Å². The number of benzene rings is 1. The SMILES string of the molecule is Cc1cc(Cl)ccc1OCC(N)C#N. The van der Waals surface area contributed by atoms with Gasteiger partial charge < -0.3 is 10.5 Å². The number of halogens is 1. The van der Waals surface area contributed by atoms with E-state index >= 15 is 0 Å². The van der Waals surface area contributed by atoms with Gasteiger partial charge in [-0.15, -0.1) is 0 Å². The summed E-state index contributed by atoms with van der Waals surface area (Å²) in [7, 11) is 0. The van der Waals surface area contributed by atoms with Crippen LogP contribution in [0.5, 0.6) is 5.75 Å². The lowest BCUT2D eigenvalue weighted by atomic mass is 10.2. The van der Waals surface area contributed by atoms with Crippen molar-refractivity contribution in [2.24, 2.45) is 5.73 Å². The molecule has 4 heteroatoms. The molecule has 0 aliphatic rings. The van der Waals surface area contributed by atoms with Crippen LogP contribution in [0, 0.1) is 18.3 Å². The zero-order chi connectivity index (χ0) is 10.6. The van der Waals surface area contributed by atoms with Crippen molar-refractivity contribution in [3.63, 3.8) is 0 Å². The summed E-state index contributed by atoms with van der Waals surface area (Å²) in [5.74, 6) is 0.708. The Morgan fingerprint density at radius 1 is 1.64 bits per heavy atom. The first kappa shape index (κ1) is 10.8. The van der Waals surface area contributed by atoms with E-state index in [1.54, 1.807) is 18.2 Å². The van der Waals surface area contributed by atoms with Crippen LogP contribution in [0.4, 0.5) is 0 Å². The molecule has 0 saturated heterocycles. The van der Waals surface area contributed by atoms with Crippen LogP contribution in [0.2, 0.25) is 5.02 Å². The molecular formula is C10H11ClN2O. The Morgan fingerprint density at radius 2 is 2.36 bits per heavy atom. The molecule has 0 aromatic heterocycles. The van der Waals surface area contributed by atoms with Crippen molar-refractivity contribution in [1.29, 1.82) is 5.26 Å². The Balaban J connectivity index is 2.64. The van der Waals surface area contributed by atoms with E-state index in [2.05, 4.69) is 0 Å². The summed E-state index contributed by atoms with van der Waals surface area (Å²) < 4.78 is 5.34. The van der Waals surface area contributed by atoms with Crippen LogP contribution < -0.4 is 10.5 Å². The Hall–Kier alpha value is -1.24. The molecule has 0 aliphatic heterocycles. The molecule has 0 heterocycles. The molecule has 0 spiro atoms. The molecular weight excluding hydrogens is 200 g/mol. The molecule has 1 aromatic rings. The smallest absolute Gasteiger partial charge is 0.127 e. The van der Waals surface area contributed by atoms with E-state index in [1.165, 1.54) is 0 Å². The molecule has 0 aliphatic carbocycles. The first-order valence-corrected chi connectivity index (χ1v) is 4.55. The van der Waals surface area contributed by atoms with E-state index in [0.717, 1.165) is 5.56 Å². The lowest BCUT2D eigenvalue weighted by Gasteiger charge is -2.09. The maximum Gasteiger partial charge on any atom is 0.127 e. The fraction of sp³-hybridized carbons (Fsp3) is 0.300. The summed E-state index contributed by atoms with van der Waals surface area (Å²) in [6.45, 7) is 2.08. The molecule has 0 saturated carbocycles. The Kier molecular flexibility index (Phi) is 3.75. The highest BCUT2D eigenvalue weighted by Crippen LogP contribution is 2.21. The highest BCUT2D eigenvalue weighted by atomic mass is 35.5. The van der Waals surface area contributed by atoms with Gasteiger partial charge in [-0.25, -0.2) is 0 Å². The zero-order valence-corrected chi connectivity index (χ0v) is 8.58. The third-order valence-electron chi connectivity index (χ3n) is 1.72. The Bertz CT molecular complexity index is 360. The standard InChI is InChI=1S/C10H11ClN2O/c1-7-4-8(11)2-3-10(7)14-6-9(13)5-12/h2-4,9H,6,13H2,1H3. The summed E-state index contributed by atoms with van der Waals surface area (Å²) >= 11 is 5.77. The van der Waals surface area contributed by atoms with Crippen molar-refractivity contribution in [3.8, 4) is 11.8 Å². The molecule has 2 N–H and O–H groups in total. The molecule has 0 radical (unpaired) electrons. The van der Waals surface area contributed by atoms with Crippen LogP contribution >= 0.6 is 11.6 Å². The van der Waals surface area contributed by atoms with E-state index in [9.17, 15) is 0 Å². The highest BCUT2D eigenvalue weighted by molar-refractivity contribution is 6.30. The van der Waals surface area contributed by atoms with Gasteiger partial charge in [-0.2, -0.15) is 5.26 Å². The maximum atomic E-state index is 8.45. The minimum atomic E-state index is -0.593. The van der Waals surface area contributed by atoms with Gasteiger partial charge in [0.15, 0.2) is 0 Å². The summed E-state index contributed by atoms with van der Waals surface area (Å²) in [5, 5.41) is 9.12. The summed E-state index contributed by atoms with van der Waals surface area (Å²) in [4.78, 5) is 0. The first-order valence-electron chi connectivity index (χ1n) is 4.17. The molecule has 1 aromatic carbocycles. The van der Waals surface area contributed by atoms with Crippen molar-refractivity contribution in [3.05, 3.63) is 28.8 Å². The third-order valence-corrected chi connectivity index (χ3v) is 1.96. The molecule has 0 bridgehead atoms. The van der Waals surface area contributed by atoms with Gasteiger partial charge in [0.2, 0.25) is 0 Å². The summed E-state index contributed by atoms with van der Waals surface area (Å²) in [5.41, 5.74) is 6.32. The van der Waals surface area contributed by atoms with Crippen LogP contribution in [0.1, 0.15) is 5.56 Å². The molecule has 1 rings (SSSR count). The first-order chi connectivity index (χ1) is 6.63. The van der Waals surface area contributed by atoms with Crippen LogP contribution in [0.25, 0.3) is 0 Å². The molecule has 74 valence electrons. The van der Waals surface area contributed by atoms with Crippen molar-refractivity contribution < 1.29 is 4.74 Å². The molecule has 14 heavy (non-hydrogen) atoms. The molecule has 1 unspecified atom stereocenters. The second-order valence-electron chi connectivity index (χ2n) is 2.96. The van der Waals surface area contributed by atoms with Crippen LogP contribution in [-0.2, 0) is 0 Å². The van der Waals surface area contributed by atoms with Gasteiger partial charge in [-0.05, 0) is 30.7 Å². The molecule has 1 atom stereocenters. The van der Waals surface area contributed by atoms with E-state index in [4.69, 9.17) is 27.3 Å². The van der Waals surface area contributed by atoms with Crippen molar-refractivity contribution >= 4 is 11.6 Å². The molecule has 0 fully saturated rings. The maximum absolute atomic E-state index is 8.45. The number of nitrogens with zero attached hydrogens (tertiary/aromatic N) is 1. The van der Waals surface area contributed by atoms with Gasteiger partial charge in [0, 0.05) is 5.02 Å². The van der Waals surface area contributed by atoms with Gasteiger partial charge in [-0.1, -0.05) is 11.6 Å². The predicted molar refractivity (Wildman–Crippen MR) is 55.3 cm³/mol. The topological polar surface area (TPSA) is 59.0 Å². The van der Waals surface area contributed by atoms with Crippen molar-refractivity contribution in [1.82, 2.24) is 0 Å². The highest BCUT2D eigenvalue weighted by Gasteiger charge is 2.03. The second kappa shape index (κ2) is 4.85. The fourth-order valence-corrected chi connectivity index (χ4v) is 1.22. The van der Waals surface area contributed by atoms with Gasteiger partial charge in [0.05, 0.1) is 6.07 Å². The quantitative estimate of drug-likeness (QED) is 0.829. The van der Waals surface area contributed by atoms with Gasteiger partial charge >= 0.3 is 0 Å². The number of nitriles is 1. The minimum absolute atomic E-state index is 0.193. The normalized spacial score (nSPS) is 11.9. The second-order valence-corrected chi connectivity index (χ2v) is 3.39. The van der Waals surface area contributed by atoms with E-state index < -0.39 is 6.04 Å². The zero-order valence-electron chi connectivity index (χ0n) is 7.83. The average Bonchev–Trinajstić information content (AvgIpc) is 2.16. The van der Waals surface area contributed by atoms with Gasteiger partial charge in [-0.3, -0.25) is 0 Å². The van der Waals surface area contributed by atoms with Crippen LogP contribution in [0.15, 0.2) is 18.2 Å². The van der Waals surface area contributed by atoms with Crippen molar-refractivity contribution in [2.45, 2.75) is 13.0 Å². The minimum Gasteiger partial charge on any atom is -0.491 e. The number of ether oxygens (including phenoxy) is 1. The number of aryl methyl sites for hydroxylation is 1. The number of nitrogens with two attached hydrogens (primary N) is 1. The molecule has 3 nitrogen and oxygen atoms in total. The summed E-state index contributed by atoms with van der Waals surface area (Å²) in [6, 6.07) is 6.60. The van der Waals surface area contributed by atoms with Crippen LogP contribution in [-0.4, -0.2) is 12.6 Å².